The number of nitrogens with two attached hydrogens (primary N) is 1. The Morgan fingerprint density at radius 2 is 2.27 bits per heavy atom. The molecule has 2 rings (SSSR count). The van der Waals surface area contributed by atoms with Gasteiger partial charge in [-0.15, -0.1) is 11.8 Å². The van der Waals surface area contributed by atoms with E-state index in [1.807, 2.05) is 12.1 Å². The average molecular weight is 342 g/mol. The molecular formula is C15H20ClN3O2S. The first-order chi connectivity index (χ1) is 10.5. The van der Waals surface area contributed by atoms with Crippen LogP contribution in [0.2, 0.25) is 5.02 Å². The molecule has 3 N–H and O–H groups in total. The fraction of sp³-hybridized carbons (Fsp3) is 0.467. The Labute approximate surface area is 139 Å². The van der Waals surface area contributed by atoms with Gasteiger partial charge in [-0.1, -0.05) is 18.5 Å². The number of rotatable bonds is 4. The Kier molecular flexibility index (Phi) is 5.97. The quantitative estimate of drug-likeness (QED) is 0.826. The number of benzene rings is 1. The summed E-state index contributed by atoms with van der Waals surface area (Å²) in [5.74, 6) is 0.578. The Hall–Kier alpha value is -1.40. The van der Waals surface area contributed by atoms with Gasteiger partial charge < -0.3 is 16.0 Å². The van der Waals surface area contributed by atoms with Gasteiger partial charge in [0.25, 0.3) is 0 Å². The molecule has 0 bridgehead atoms. The van der Waals surface area contributed by atoms with Crippen LogP contribution in [0.1, 0.15) is 19.8 Å². The standard InChI is InChI=1S/C15H20ClN3O2S/c1-2-22-13-6-5-11(16)8-12(13)18-14(20)10-4-3-7-19(9-10)15(17)21/h5-6,8,10H,2-4,7,9H2,1H3,(H2,17,21)(H,18,20). The molecule has 1 unspecified atom stereocenters. The van der Waals surface area contributed by atoms with Crippen LogP contribution in [-0.2, 0) is 4.79 Å². The number of thioether (sulfide) groups is 1. The van der Waals surface area contributed by atoms with Crippen molar-refractivity contribution in [3.8, 4) is 0 Å². The van der Waals surface area contributed by atoms with Crippen LogP contribution < -0.4 is 11.1 Å². The summed E-state index contributed by atoms with van der Waals surface area (Å²) < 4.78 is 0. The van der Waals surface area contributed by atoms with Crippen molar-refractivity contribution < 1.29 is 9.59 Å². The van der Waals surface area contributed by atoms with Crippen LogP contribution in [-0.4, -0.2) is 35.7 Å². The van der Waals surface area contributed by atoms with Gasteiger partial charge in [-0.2, -0.15) is 0 Å². The topological polar surface area (TPSA) is 75.4 Å². The van der Waals surface area contributed by atoms with Gasteiger partial charge in [0.2, 0.25) is 5.91 Å². The van der Waals surface area contributed by atoms with Crippen molar-refractivity contribution in [3.63, 3.8) is 0 Å². The summed E-state index contributed by atoms with van der Waals surface area (Å²) in [7, 11) is 0. The van der Waals surface area contributed by atoms with E-state index < -0.39 is 6.03 Å². The summed E-state index contributed by atoms with van der Waals surface area (Å²) >= 11 is 7.67. The molecule has 1 heterocycles. The normalized spacial score (nSPS) is 18.1. The fourth-order valence-corrected chi connectivity index (χ4v) is 3.42. The molecule has 1 aromatic rings. The second-order valence-corrected chi connectivity index (χ2v) is 6.93. The van der Waals surface area contributed by atoms with Gasteiger partial charge in [0.1, 0.15) is 0 Å². The van der Waals surface area contributed by atoms with Gasteiger partial charge in [-0.05, 0) is 36.8 Å². The molecule has 0 spiro atoms. The number of hydrogen-bond acceptors (Lipinski definition) is 3. The fourth-order valence-electron chi connectivity index (χ4n) is 2.51. The van der Waals surface area contributed by atoms with E-state index in [1.165, 1.54) is 4.90 Å². The lowest BCUT2D eigenvalue weighted by Gasteiger charge is -2.30. The van der Waals surface area contributed by atoms with Crippen molar-refractivity contribution in [1.82, 2.24) is 4.90 Å². The van der Waals surface area contributed by atoms with E-state index in [0.29, 0.717) is 18.1 Å². The third-order valence-electron chi connectivity index (χ3n) is 3.60. The number of piperidine rings is 1. The molecular weight excluding hydrogens is 322 g/mol. The molecule has 1 aliphatic heterocycles. The first-order valence-corrected chi connectivity index (χ1v) is 8.65. The van der Waals surface area contributed by atoms with Crippen molar-refractivity contribution >= 4 is 41.0 Å². The van der Waals surface area contributed by atoms with Crippen LogP contribution in [0.15, 0.2) is 23.1 Å². The van der Waals surface area contributed by atoms with Crippen LogP contribution in [0.3, 0.4) is 0 Å². The predicted molar refractivity (Wildman–Crippen MR) is 90.4 cm³/mol. The monoisotopic (exact) mass is 341 g/mol. The molecule has 0 aromatic heterocycles. The van der Waals surface area contributed by atoms with Crippen molar-refractivity contribution in [1.29, 1.82) is 0 Å². The summed E-state index contributed by atoms with van der Waals surface area (Å²) in [4.78, 5) is 26.2. The smallest absolute Gasteiger partial charge is 0.314 e. The van der Waals surface area contributed by atoms with Gasteiger partial charge in [-0.25, -0.2) is 4.79 Å². The van der Waals surface area contributed by atoms with Crippen molar-refractivity contribution in [2.24, 2.45) is 11.7 Å². The highest BCUT2D eigenvalue weighted by Crippen LogP contribution is 2.30. The number of anilines is 1. The largest absolute Gasteiger partial charge is 0.351 e. The highest BCUT2D eigenvalue weighted by molar-refractivity contribution is 7.99. The molecule has 22 heavy (non-hydrogen) atoms. The van der Waals surface area contributed by atoms with Crippen LogP contribution in [0.5, 0.6) is 0 Å². The lowest BCUT2D eigenvalue weighted by Crippen LogP contribution is -2.46. The highest BCUT2D eigenvalue weighted by atomic mass is 35.5. The summed E-state index contributed by atoms with van der Waals surface area (Å²) in [5.41, 5.74) is 6.02. The van der Waals surface area contributed by atoms with E-state index >= 15 is 0 Å². The van der Waals surface area contributed by atoms with Gasteiger partial charge in [0.05, 0.1) is 11.6 Å². The molecule has 120 valence electrons. The third kappa shape index (κ3) is 4.30. The molecule has 1 fully saturated rings. The lowest BCUT2D eigenvalue weighted by atomic mass is 9.97. The van der Waals surface area contributed by atoms with E-state index in [0.717, 1.165) is 29.2 Å². The van der Waals surface area contributed by atoms with Crippen molar-refractivity contribution in [3.05, 3.63) is 23.2 Å². The molecule has 7 heteroatoms. The zero-order chi connectivity index (χ0) is 16.1. The minimum absolute atomic E-state index is 0.0915. The maximum absolute atomic E-state index is 12.5. The molecule has 5 nitrogen and oxygen atoms in total. The Morgan fingerprint density at radius 3 is 2.95 bits per heavy atom. The summed E-state index contributed by atoms with van der Waals surface area (Å²) in [6.45, 7) is 3.04. The van der Waals surface area contributed by atoms with E-state index in [2.05, 4.69) is 12.2 Å². The van der Waals surface area contributed by atoms with Crippen LogP contribution in [0.4, 0.5) is 10.5 Å². The van der Waals surface area contributed by atoms with Gasteiger partial charge in [0.15, 0.2) is 0 Å². The van der Waals surface area contributed by atoms with Crippen LogP contribution in [0, 0.1) is 5.92 Å². The Balaban J connectivity index is 2.08. The molecule has 1 saturated heterocycles. The molecule has 0 aliphatic carbocycles. The third-order valence-corrected chi connectivity index (χ3v) is 4.79. The number of amides is 3. The number of carbonyl (C=O) groups is 2. The van der Waals surface area contributed by atoms with Crippen LogP contribution in [0.25, 0.3) is 0 Å². The number of urea groups is 1. The Bertz CT molecular complexity index is 568. The van der Waals surface area contributed by atoms with E-state index in [9.17, 15) is 9.59 Å². The number of likely N-dealkylation sites (tertiary alicyclic amines) is 1. The van der Waals surface area contributed by atoms with Crippen LogP contribution >= 0.6 is 23.4 Å². The average Bonchev–Trinajstić information content (AvgIpc) is 2.50. The maximum Gasteiger partial charge on any atom is 0.314 e. The van der Waals surface area contributed by atoms with Gasteiger partial charge >= 0.3 is 6.03 Å². The zero-order valence-electron chi connectivity index (χ0n) is 12.5. The molecule has 0 saturated carbocycles. The van der Waals surface area contributed by atoms with E-state index in [4.69, 9.17) is 17.3 Å². The minimum atomic E-state index is -0.470. The maximum atomic E-state index is 12.5. The number of halogens is 1. The highest BCUT2D eigenvalue weighted by Gasteiger charge is 2.27. The summed E-state index contributed by atoms with van der Waals surface area (Å²) in [6.07, 6.45) is 1.54. The molecule has 0 radical (unpaired) electrons. The molecule has 1 aromatic carbocycles. The van der Waals surface area contributed by atoms with Crippen molar-refractivity contribution in [2.45, 2.75) is 24.7 Å². The summed E-state index contributed by atoms with van der Waals surface area (Å²) in [6, 6.07) is 5.00. The predicted octanol–water partition coefficient (Wildman–Crippen LogP) is 3.18. The first kappa shape index (κ1) is 17.0. The lowest BCUT2D eigenvalue weighted by molar-refractivity contribution is -0.121. The van der Waals surface area contributed by atoms with Gasteiger partial charge in [0, 0.05) is 23.0 Å². The summed E-state index contributed by atoms with van der Waals surface area (Å²) in [5, 5.41) is 3.52. The minimum Gasteiger partial charge on any atom is -0.351 e. The molecule has 1 aliphatic rings. The van der Waals surface area contributed by atoms with Crippen molar-refractivity contribution in [2.75, 3.05) is 24.2 Å². The van der Waals surface area contributed by atoms with Gasteiger partial charge in [-0.3, -0.25) is 4.79 Å². The van der Waals surface area contributed by atoms with E-state index in [-0.39, 0.29) is 11.8 Å². The number of primary amides is 1. The number of hydrogen-bond donors (Lipinski definition) is 2. The zero-order valence-corrected chi connectivity index (χ0v) is 14.0. The second kappa shape index (κ2) is 7.74. The molecule has 3 amide bonds. The second-order valence-electron chi connectivity index (χ2n) is 5.19. The number of carbonyl (C=O) groups excluding carboxylic acids is 2. The first-order valence-electron chi connectivity index (χ1n) is 7.29. The molecule has 1 atom stereocenters. The number of nitrogens with one attached hydrogen (secondary N) is 1. The SMILES string of the molecule is CCSc1ccc(Cl)cc1NC(=O)C1CCCN(C(N)=O)C1. The Morgan fingerprint density at radius 1 is 1.50 bits per heavy atom. The number of nitrogens with zero attached hydrogens (tertiary/aromatic N) is 1. The van der Waals surface area contributed by atoms with E-state index in [1.54, 1.807) is 17.8 Å².